The fourth-order valence-electron chi connectivity index (χ4n) is 3.91. The van der Waals surface area contributed by atoms with Gasteiger partial charge in [-0.05, 0) is 49.1 Å². The molecule has 0 unspecified atom stereocenters. The molecule has 0 aromatic heterocycles. The van der Waals surface area contributed by atoms with Crippen LogP contribution in [0.5, 0.6) is 0 Å². The number of nitrogens with zero attached hydrogens (tertiary/aromatic N) is 2. The van der Waals surface area contributed by atoms with Crippen molar-refractivity contribution in [3.05, 3.63) is 96.1 Å². The number of hydrogen-bond acceptors (Lipinski definition) is 3. The SMILES string of the molecule is O=C(c1ccccc1N(Cc1ccccc1)S(=O)(=O)c1ccccc1)N1CCCCC1. The highest BCUT2D eigenvalue weighted by Crippen LogP contribution is 2.30. The van der Waals surface area contributed by atoms with Crippen LogP contribution in [0.4, 0.5) is 5.69 Å². The van der Waals surface area contributed by atoms with Crippen molar-refractivity contribution in [2.45, 2.75) is 30.7 Å². The van der Waals surface area contributed by atoms with Crippen LogP contribution in [0.3, 0.4) is 0 Å². The molecule has 0 radical (unpaired) electrons. The Morgan fingerprint density at radius 1 is 0.774 bits per heavy atom. The van der Waals surface area contributed by atoms with Crippen LogP contribution in [0, 0.1) is 0 Å². The molecule has 1 aliphatic rings. The zero-order valence-electron chi connectivity index (χ0n) is 17.4. The van der Waals surface area contributed by atoms with E-state index in [0.717, 1.165) is 24.8 Å². The van der Waals surface area contributed by atoms with Crippen molar-refractivity contribution in [1.82, 2.24) is 4.90 Å². The molecule has 3 aromatic carbocycles. The van der Waals surface area contributed by atoms with Crippen molar-refractivity contribution >= 4 is 21.6 Å². The topological polar surface area (TPSA) is 57.7 Å². The number of carbonyl (C=O) groups is 1. The number of rotatable bonds is 6. The molecule has 5 nitrogen and oxygen atoms in total. The summed E-state index contributed by atoms with van der Waals surface area (Å²) in [4.78, 5) is 15.4. The lowest BCUT2D eigenvalue weighted by atomic mass is 10.1. The Morgan fingerprint density at radius 3 is 2.03 bits per heavy atom. The van der Waals surface area contributed by atoms with Gasteiger partial charge in [0.1, 0.15) is 0 Å². The highest BCUT2D eigenvalue weighted by molar-refractivity contribution is 7.92. The van der Waals surface area contributed by atoms with E-state index in [1.807, 2.05) is 35.2 Å². The summed E-state index contributed by atoms with van der Waals surface area (Å²) in [5.41, 5.74) is 1.67. The van der Waals surface area contributed by atoms with E-state index in [0.29, 0.717) is 24.3 Å². The van der Waals surface area contributed by atoms with E-state index >= 15 is 0 Å². The summed E-state index contributed by atoms with van der Waals surface area (Å²) in [6.45, 7) is 1.55. The van der Waals surface area contributed by atoms with Gasteiger partial charge in [0.05, 0.1) is 22.7 Å². The van der Waals surface area contributed by atoms with Crippen LogP contribution in [0.15, 0.2) is 89.8 Å². The van der Waals surface area contributed by atoms with Gasteiger partial charge in [0.15, 0.2) is 0 Å². The van der Waals surface area contributed by atoms with Crippen molar-refractivity contribution in [2.75, 3.05) is 17.4 Å². The van der Waals surface area contributed by atoms with Gasteiger partial charge in [-0.1, -0.05) is 60.7 Å². The van der Waals surface area contributed by atoms with Gasteiger partial charge in [-0.3, -0.25) is 9.10 Å². The Morgan fingerprint density at radius 2 is 1.35 bits per heavy atom. The summed E-state index contributed by atoms with van der Waals surface area (Å²) in [6, 6.07) is 24.8. The number of likely N-dealkylation sites (tertiary alicyclic amines) is 1. The Kier molecular flexibility index (Phi) is 6.37. The molecule has 0 bridgehead atoms. The molecule has 1 fully saturated rings. The van der Waals surface area contributed by atoms with Gasteiger partial charge in [-0.15, -0.1) is 0 Å². The Bertz CT molecular complexity index is 1130. The lowest BCUT2D eigenvalue weighted by Crippen LogP contribution is -2.38. The molecule has 1 aliphatic heterocycles. The zero-order chi connectivity index (χ0) is 21.7. The van der Waals surface area contributed by atoms with E-state index in [9.17, 15) is 13.2 Å². The van der Waals surface area contributed by atoms with Crippen molar-refractivity contribution in [1.29, 1.82) is 0 Å². The standard InChI is InChI=1S/C25H26N2O3S/c28-25(26-18-10-3-11-19-26)23-16-8-9-17-24(23)27(20-21-12-4-1-5-13-21)31(29,30)22-14-6-2-7-15-22/h1-2,4-9,12-17H,3,10-11,18-20H2. The van der Waals surface area contributed by atoms with E-state index in [2.05, 4.69) is 0 Å². The lowest BCUT2D eigenvalue weighted by molar-refractivity contribution is 0.0725. The van der Waals surface area contributed by atoms with E-state index < -0.39 is 10.0 Å². The Balaban J connectivity index is 1.80. The predicted octanol–water partition coefficient (Wildman–Crippen LogP) is 4.71. The normalized spacial score (nSPS) is 14.3. The average Bonchev–Trinajstić information content (AvgIpc) is 2.84. The summed E-state index contributed by atoms with van der Waals surface area (Å²) >= 11 is 0. The molecule has 6 heteroatoms. The van der Waals surface area contributed by atoms with Gasteiger partial charge in [0, 0.05) is 13.1 Å². The van der Waals surface area contributed by atoms with Crippen molar-refractivity contribution in [3.8, 4) is 0 Å². The summed E-state index contributed by atoms with van der Waals surface area (Å²) in [7, 11) is -3.88. The monoisotopic (exact) mass is 434 g/mol. The third-order valence-corrected chi connectivity index (χ3v) is 7.32. The number of anilines is 1. The van der Waals surface area contributed by atoms with Gasteiger partial charge < -0.3 is 4.90 Å². The number of sulfonamides is 1. The average molecular weight is 435 g/mol. The second-order valence-electron chi connectivity index (χ2n) is 7.68. The number of hydrogen-bond donors (Lipinski definition) is 0. The molecule has 0 aliphatic carbocycles. The summed E-state index contributed by atoms with van der Waals surface area (Å²) in [5.74, 6) is -0.114. The van der Waals surface area contributed by atoms with Gasteiger partial charge >= 0.3 is 0 Å². The number of para-hydroxylation sites is 1. The molecule has 160 valence electrons. The van der Waals surface area contributed by atoms with Gasteiger partial charge in [-0.2, -0.15) is 0 Å². The van der Waals surface area contributed by atoms with Crippen LogP contribution in [-0.4, -0.2) is 32.3 Å². The molecule has 1 heterocycles. The minimum absolute atomic E-state index is 0.114. The van der Waals surface area contributed by atoms with Crippen LogP contribution in [-0.2, 0) is 16.6 Å². The molecule has 0 saturated carbocycles. The molecule has 3 aromatic rings. The first-order valence-corrected chi connectivity index (χ1v) is 12.0. The second kappa shape index (κ2) is 9.35. The first kappa shape index (κ1) is 21.1. The van der Waals surface area contributed by atoms with Crippen LogP contribution < -0.4 is 4.31 Å². The molecule has 0 spiro atoms. The van der Waals surface area contributed by atoms with Crippen LogP contribution in [0.2, 0.25) is 0 Å². The summed E-state index contributed by atoms with van der Waals surface area (Å²) < 4.78 is 28.7. The quantitative estimate of drug-likeness (QED) is 0.565. The van der Waals surface area contributed by atoms with Gasteiger partial charge in [0.25, 0.3) is 15.9 Å². The fraction of sp³-hybridized carbons (Fsp3) is 0.240. The second-order valence-corrected chi connectivity index (χ2v) is 9.54. The minimum atomic E-state index is -3.88. The van der Waals surface area contributed by atoms with Gasteiger partial charge in [0.2, 0.25) is 0 Å². The molecule has 1 saturated heterocycles. The van der Waals surface area contributed by atoms with Crippen molar-refractivity contribution in [2.24, 2.45) is 0 Å². The maximum Gasteiger partial charge on any atom is 0.264 e. The van der Waals surface area contributed by atoms with Crippen LogP contribution in [0.25, 0.3) is 0 Å². The lowest BCUT2D eigenvalue weighted by Gasteiger charge is -2.30. The first-order valence-electron chi connectivity index (χ1n) is 10.6. The molecule has 1 amide bonds. The molecular formula is C25H26N2O3S. The number of piperidine rings is 1. The molecule has 0 N–H and O–H groups in total. The van der Waals surface area contributed by atoms with Crippen LogP contribution >= 0.6 is 0 Å². The maximum absolute atomic E-state index is 13.7. The highest BCUT2D eigenvalue weighted by atomic mass is 32.2. The molecular weight excluding hydrogens is 408 g/mol. The van der Waals surface area contributed by atoms with Crippen molar-refractivity contribution in [3.63, 3.8) is 0 Å². The summed E-state index contributed by atoms with van der Waals surface area (Å²) in [6.07, 6.45) is 3.07. The molecule has 4 rings (SSSR count). The van der Waals surface area contributed by atoms with E-state index in [-0.39, 0.29) is 17.3 Å². The zero-order valence-corrected chi connectivity index (χ0v) is 18.2. The molecule has 31 heavy (non-hydrogen) atoms. The van der Waals surface area contributed by atoms with Crippen molar-refractivity contribution < 1.29 is 13.2 Å². The van der Waals surface area contributed by atoms with Crippen LogP contribution in [0.1, 0.15) is 35.2 Å². The largest absolute Gasteiger partial charge is 0.339 e. The third-order valence-electron chi connectivity index (χ3n) is 5.55. The summed E-state index contributed by atoms with van der Waals surface area (Å²) in [5, 5.41) is 0. The third kappa shape index (κ3) is 4.64. The molecule has 0 atom stereocenters. The van der Waals surface area contributed by atoms with Gasteiger partial charge in [-0.25, -0.2) is 8.42 Å². The smallest absolute Gasteiger partial charge is 0.264 e. The Hall–Kier alpha value is -3.12. The fourth-order valence-corrected chi connectivity index (χ4v) is 5.40. The first-order chi connectivity index (χ1) is 15.1. The highest BCUT2D eigenvalue weighted by Gasteiger charge is 2.30. The predicted molar refractivity (Wildman–Crippen MR) is 122 cm³/mol. The minimum Gasteiger partial charge on any atom is -0.339 e. The van der Waals surface area contributed by atoms with E-state index in [4.69, 9.17) is 0 Å². The Labute approximate surface area is 184 Å². The number of carbonyl (C=O) groups excluding carboxylic acids is 1. The number of benzene rings is 3. The van der Waals surface area contributed by atoms with E-state index in [1.54, 1.807) is 54.6 Å². The number of amides is 1. The maximum atomic E-state index is 13.7. The van der Waals surface area contributed by atoms with E-state index in [1.165, 1.54) is 4.31 Å².